The lowest BCUT2D eigenvalue weighted by Gasteiger charge is -2.35. The van der Waals surface area contributed by atoms with Gasteiger partial charge in [0, 0.05) is 30.9 Å². The zero-order valence-corrected chi connectivity index (χ0v) is 16.7. The second-order valence-electron chi connectivity index (χ2n) is 7.44. The van der Waals surface area contributed by atoms with Crippen LogP contribution in [0.15, 0.2) is 73.1 Å². The van der Waals surface area contributed by atoms with Crippen molar-refractivity contribution in [1.29, 1.82) is 0 Å². The molecule has 4 aromatic rings. The number of aryl methyl sites for hydroxylation is 1. The van der Waals surface area contributed by atoms with E-state index in [-0.39, 0.29) is 11.9 Å². The molecule has 7 heteroatoms. The van der Waals surface area contributed by atoms with Gasteiger partial charge in [-0.05, 0) is 42.8 Å². The highest BCUT2D eigenvalue weighted by atomic mass is 16.2. The lowest BCUT2D eigenvalue weighted by molar-refractivity contribution is 0.0608. The Morgan fingerprint density at radius 2 is 1.83 bits per heavy atom. The summed E-state index contributed by atoms with van der Waals surface area (Å²) < 4.78 is 3.71. The molecule has 0 bridgehead atoms. The number of amides is 1. The van der Waals surface area contributed by atoms with Crippen molar-refractivity contribution in [2.45, 2.75) is 25.9 Å². The zero-order valence-electron chi connectivity index (χ0n) is 16.7. The Kier molecular flexibility index (Phi) is 4.63. The molecule has 1 aliphatic heterocycles. The molecule has 5 rings (SSSR count). The maximum Gasteiger partial charge on any atom is 0.254 e. The fourth-order valence-electron chi connectivity index (χ4n) is 4.01. The Labute approximate surface area is 174 Å². The molecule has 2 aromatic heterocycles. The molecule has 1 aliphatic rings. The summed E-state index contributed by atoms with van der Waals surface area (Å²) in [4.78, 5) is 20.0. The molecule has 150 valence electrons. The molecular formula is C23H22N6O. The van der Waals surface area contributed by atoms with Gasteiger partial charge in [-0.25, -0.2) is 14.3 Å². The van der Waals surface area contributed by atoms with Crippen LogP contribution in [-0.4, -0.2) is 41.9 Å². The van der Waals surface area contributed by atoms with Gasteiger partial charge in [-0.15, -0.1) is 0 Å². The zero-order chi connectivity index (χ0) is 20.5. The van der Waals surface area contributed by atoms with Crippen molar-refractivity contribution in [3.63, 3.8) is 0 Å². The summed E-state index contributed by atoms with van der Waals surface area (Å²) in [6.07, 6.45) is 4.32. The first-order valence-corrected chi connectivity index (χ1v) is 10.1. The van der Waals surface area contributed by atoms with Crippen LogP contribution in [0, 0.1) is 6.92 Å². The number of benzene rings is 2. The van der Waals surface area contributed by atoms with Gasteiger partial charge in [0.25, 0.3) is 5.91 Å². The number of hydrogen-bond donors (Lipinski definition) is 0. The maximum absolute atomic E-state index is 13.5. The molecule has 0 N–H and O–H groups in total. The Morgan fingerprint density at radius 3 is 2.57 bits per heavy atom. The van der Waals surface area contributed by atoms with Crippen LogP contribution in [0.5, 0.6) is 0 Å². The van der Waals surface area contributed by atoms with Crippen molar-refractivity contribution in [3.05, 3.63) is 95.8 Å². The van der Waals surface area contributed by atoms with Crippen LogP contribution >= 0.6 is 0 Å². The van der Waals surface area contributed by atoms with E-state index in [2.05, 4.69) is 27.3 Å². The molecule has 0 spiro atoms. The van der Waals surface area contributed by atoms with Crippen LogP contribution in [0.25, 0.3) is 5.69 Å². The predicted molar refractivity (Wildman–Crippen MR) is 112 cm³/mol. The minimum absolute atomic E-state index is 0.00912. The lowest BCUT2D eigenvalue weighted by atomic mass is 10.0. The number of aromatic nitrogens is 5. The van der Waals surface area contributed by atoms with Gasteiger partial charge < -0.3 is 4.90 Å². The van der Waals surface area contributed by atoms with Gasteiger partial charge in [-0.2, -0.15) is 10.2 Å². The molecule has 0 radical (unpaired) electrons. The van der Waals surface area contributed by atoms with Crippen molar-refractivity contribution in [2.75, 3.05) is 6.54 Å². The standard InChI is InChI=1S/C23H22N6O/c1-17-25-22-21(16-18-6-3-2-4-7-18)27(14-15-29(22)26-17)23(30)19-8-10-20(11-9-19)28-13-5-12-24-28/h2-13,21H,14-16H2,1H3/t21-/m0/s1. The maximum atomic E-state index is 13.5. The molecular weight excluding hydrogens is 376 g/mol. The van der Waals surface area contributed by atoms with Crippen LogP contribution in [0.1, 0.15) is 33.6 Å². The fraction of sp³-hybridized carbons (Fsp3) is 0.217. The summed E-state index contributed by atoms with van der Waals surface area (Å²) in [5.74, 6) is 1.60. The molecule has 0 fully saturated rings. The van der Waals surface area contributed by atoms with Gasteiger partial charge in [0.05, 0.1) is 18.3 Å². The first-order chi connectivity index (χ1) is 14.7. The van der Waals surface area contributed by atoms with Gasteiger partial charge >= 0.3 is 0 Å². The Hall–Kier alpha value is -3.74. The minimum atomic E-state index is -0.152. The third-order valence-corrected chi connectivity index (χ3v) is 5.45. The van der Waals surface area contributed by atoms with Crippen LogP contribution in [0.4, 0.5) is 0 Å². The summed E-state index contributed by atoms with van der Waals surface area (Å²) in [5, 5.41) is 8.75. The first kappa shape index (κ1) is 18.3. The largest absolute Gasteiger partial charge is 0.326 e. The van der Waals surface area contributed by atoms with E-state index < -0.39 is 0 Å². The highest BCUT2D eigenvalue weighted by Gasteiger charge is 2.34. The van der Waals surface area contributed by atoms with E-state index in [0.717, 1.165) is 17.3 Å². The molecule has 0 unspecified atom stereocenters. The molecule has 1 amide bonds. The monoisotopic (exact) mass is 398 g/mol. The highest BCUT2D eigenvalue weighted by molar-refractivity contribution is 5.94. The first-order valence-electron chi connectivity index (χ1n) is 10.1. The quantitative estimate of drug-likeness (QED) is 0.529. The molecule has 30 heavy (non-hydrogen) atoms. The second-order valence-corrected chi connectivity index (χ2v) is 7.44. The number of nitrogens with zero attached hydrogens (tertiary/aromatic N) is 6. The van der Waals surface area contributed by atoms with Crippen molar-refractivity contribution in [1.82, 2.24) is 29.4 Å². The molecule has 1 atom stereocenters. The number of fused-ring (bicyclic) bond motifs is 1. The number of rotatable bonds is 4. The van der Waals surface area contributed by atoms with Crippen molar-refractivity contribution < 1.29 is 4.79 Å². The van der Waals surface area contributed by atoms with E-state index in [9.17, 15) is 4.79 Å². The van der Waals surface area contributed by atoms with Crippen molar-refractivity contribution >= 4 is 5.91 Å². The van der Waals surface area contributed by atoms with E-state index in [1.807, 2.05) is 71.2 Å². The Bertz CT molecular complexity index is 1150. The van der Waals surface area contributed by atoms with Gasteiger partial charge in [0.1, 0.15) is 11.6 Å². The van der Waals surface area contributed by atoms with Crippen molar-refractivity contribution in [3.8, 4) is 5.69 Å². The smallest absolute Gasteiger partial charge is 0.254 e. The number of carbonyl (C=O) groups is 1. The predicted octanol–water partition coefficient (Wildman–Crippen LogP) is 3.21. The van der Waals surface area contributed by atoms with Crippen LogP contribution < -0.4 is 0 Å². The molecule has 0 aliphatic carbocycles. The lowest BCUT2D eigenvalue weighted by Crippen LogP contribution is -2.43. The average Bonchev–Trinajstić information content (AvgIpc) is 3.44. The van der Waals surface area contributed by atoms with E-state index in [4.69, 9.17) is 0 Å². The third kappa shape index (κ3) is 3.39. The molecule has 7 nitrogen and oxygen atoms in total. The Balaban J connectivity index is 1.46. The summed E-state index contributed by atoms with van der Waals surface area (Å²) in [5.41, 5.74) is 2.75. The van der Waals surface area contributed by atoms with Crippen LogP contribution in [-0.2, 0) is 13.0 Å². The third-order valence-electron chi connectivity index (χ3n) is 5.45. The van der Waals surface area contributed by atoms with Gasteiger partial charge in [-0.3, -0.25) is 4.79 Å². The molecule has 0 saturated heterocycles. The summed E-state index contributed by atoms with van der Waals surface area (Å²) in [6.45, 7) is 3.15. The van der Waals surface area contributed by atoms with E-state index in [1.54, 1.807) is 10.9 Å². The van der Waals surface area contributed by atoms with Crippen LogP contribution in [0.3, 0.4) is 0 Å². The number of carbonyl (C=O) groups excluding carboxylic acids is 1. The van der Waals surface area contributed by atoms with E-state index in [1.165, 1.54) is 5.56 Å². The van der Waals surface area contributed by atoms with E-state index >= 15 is 0 Å². The van der Waals surface area contributed by atoms with E-state index in [0.29, 0.717) is 25.1 Å². The SMILES string of the molecule is Cc1nc2n(n1)CCN(C(=O)c1ccc(-n3cccn3)cc1)[C@H]2Cc1ccccc1. The van der Waals surface area contributed by atoms with Crippen molar-refractivity contribution in [2.24, 2.45) is 0 Å². The van der Waals surface area contributed by atoms with Gasteiger partial charge in [0.15, 0.2) is 0 Å². The average molecular weight is 398 g/mol. The number of hydrogen-bond acceptors (Lipinski definition) is 4. The molecule has 0 saturated carbocycles. The Morgan fingerprint density at radius 1 is 1.03 bits per heavy atom. The fourth-order valence-corrected chi connectivity index (χ4v) is 4.01. The van der Waals surface area contributed by atoms with Crippen LogP contribution in [0.2, 0.25) is 0 Å². The summed E-state index contributed by atoms with van der Waals surface area (Å²) in [7, 11) is 0. The topological polar surface area (TPSA) is 68.8 Å². The molecule has 3 heterocycles. The normalized spacial score (nSPS) is 15.8. The van der Waals surface area contributed by atoms with Gasteiger partial charge in [0.2, 0.25) is 0 Å². The molecule has 2 aromatic carbocycles. The van der Waals surface area contributed by atoms with Gasteiger partial charge in [-0.1, -0.05) is 30.3 Å². The second kappa shape index (κ2) is 7.59. The summed E-state index contributed by atoms with van der Waals surface area (Å²) >= 11 is 0. The summed E-state index contributed by atoms with van der Waals surface area (Å²) in [6, 6.07) is 19.5. The highest BCUT2D eigenvalue weighted by Crippen LogP contribution is 2.29. The minimum Gasteiger partial charge on any atom is -0.326 e.